The summed E-state index contributed by atoms with van der Waals surface area (Å²) < 4.78 is 1.86. The van der Waals surface area contributed by atoms with Crippen LogP contribution in [0.1, 0.15) is 42.5 Å². The van der Waals surface area contributed by atoms with Crippen LogP contribution in [0.5, 0.6) is 0 Å². The van der Waals surface area contributed by atoms with Crippen molar-refractivity contribution in [2.75, 3.05) is 25.4 Å². The number of nitrogen functional groups attached to an aromatic ring is 1. The van der Waals surface area contributed by atoms with Crippen LogP contribution in [0.25, 0.3) is 10.2 Å². The Kier molecular flexibility index (Phi) is 4.11. The molecule has 1 fully saturated rings. The molecule has 2 aromatic heterocycles. The lowest BCUT2D eigenvalue weighted by Gasteiger charge is -2.26. The second kappa shape index (κ2) is 6.24. The molecule has 0 spiro atoms. The highest BCUT2D eigenvalue weighted by Crippen LogP contribution is 2.37. The molecule has 2 aromatic rings. The van der Waals surface area contributed by atoms with Gasteiger partial charge in [-0.3, -0.25) is 4.57 Å². The first-order chi connectivity index (χ1) is 11.2. The van der Waals surface area contributed by atoms with Crippen LogP contribution >= 0.6 is 11.3 Å². The third kappa shape index (κ3) is 2.78. The van der Waals surface area contributed by atoms with Gasteiger partial charge in [0.05, 0.1) is 5.39 Å². The minimum absolute atomic E-state index is 0.189. The summed E-state index contributed by atoms with van der Waals surface area (Å²) in [5.74, 6) is 0.429. The number of hydrogen-bond acceptors (Lipinski definition) is 5. The van der Waals surface area contributed by atoms with Gasteiger partial charge in [-0.25, -0.2) is 4.79 Å². The molecule has 124 valence electrons. The van der Waals surface area contributed by atoms with Crippen LogP contribution in [0.15, 0.2) is 4.79 Å². The molecule has 1 aliphatic heterocycles. The predicted molar refractivity (Wildman–Crippen MR) is 95.2 cm³/mol. The third-order valence-electron chi connectivity index (χ3n) is 5.19. The molecule has 0 radical (unpaired) electrons. The van der Waals surface area contributed by atoms with E-state index in [1.165, 1.54) is 42.5 Å². The van der Waals surface area contributed by atoms with Gasteiger partial charge in [0.15, 0.2) is 0 Å². The van der Waals surface area contributed by atoms with E-state index >= 15 is 0 Å². The molecule has 4 rings (SSSR count). The van der Waals surface area contributed by atoms with E-state index in [9.17, 15) is 4.79 Å². The SMILES string of the molecule is Nc1nc(=O)n(CCN2CCCCC2)c2sc3c(c12)CCCC3. The topological polar surface area (TPSA) is 64.1 Å². The van der Waals surface area contributed by atoms with E-state index in [1.54, 1.807) is 11.3 Å². The van der Waals surface area contributed by atoms with Crippen LogP contribution in [0, 0.1) is 0 Å². The molecule has 5 nitrogen and oxygen atoms in total. The molecule has 23 heavy (non-hydrogen) atoms. The summed E-state index contributed by atoms with van der Waals surface area (Å²) in [6.07, 6.45) is 8.53. The third-order valence-corrected chi connectivity index (χ3v) is 6.50. The number of aryl methyl sites for hydroxylation is 2. The highest BCUT2D eigenvalue weighted by Gasteiger charge is 2.22. The number of thiophene rings is 1. The van der Waals surface area contributed by atoms with Gasteiger partial charge < -0.3 is 10.6 Å². The molecule has 2 N–H and O–H groups in total. The number of nitrogens with zero attached hydrogens (tertiary/aromatic N) is 3. The van der Waals surface area contributed by atoms with Crippen molar-refractivity contribution in [3.63, 3.8) is 0 Å². The Morgan fingerprint density at radius 3 is 2.65 bits per heavy atom. The van der Waals surface area contributed by atoms with Crippen molar-refractivity contribution in [3.05, 3.63) is 20.9 Å². The first-order valence-electron chi connectivity index (χ1n) is 8.77. The van der Waals surface area contributed by atoms with Gasteiger partial charge in [-0.15, -0.1) is 11.3 Å². The number of likely N-dealkylation sites (tertiary alicyclic amines) is 1. The number of nitrogens with two attached hydrogens (primary N) is 1. The Labute approximate surface area is 140 Å². The van der Waals surface area contributed by atoms with Gasteiger partial charge in [0.25, 0.3) is 0 Å². The van der Waals surface area contributed by atoms with E-state index in [2.05, 4.69) is 9.88 Å². The first-order valence-corrected chi connectivity index (χ1v) is 9.58. The van der Waals surface area contributed by atoms with E-state index < -0.39 is 0 Å². The Balaban J connectivity index is 1.70. The molecule has 0 bridgehead atoms. The van der Waals surface area contributed by atoms with Gasteiger partial charge >= 0.3 is 5.69 Å². The van der Waals surface area contributed by atoms with Crippen LogP contribution in [-0.2, 0) is 19.4 Å². The van der Waals surface area contributed by atoms with Crippen molar-refractivity contribution in [1.29, 1.82) is 0 Å². The maximum absolute atomic E-state index is 12.4. The molecule has 1 aliphatic carbocycles. The van der Waals surface area contributed by atoms with E-state index in [4.69, 9.17) is 5.73 Å². The number of hydrogen-bond donors (Lipinski definition) is 1. The number of fused-ring (bicyclic) bond motifs is 3. The number of rotatable bonds is 3. The van der Waals surface area contributed by atoms with Crippen molar-refractivity contribution in [2.45, 2.75) is 51.5 Å². The molecule has 0 aromatic carbocycles. The van der Waals surface area contributed by atoms with Gasteiger partial charge in [-0.2, -0.15) is 4.98 Å². The lowest BCUT2D eigenvalue weighted by atomic mass is 9.97. The summed E-state index contributed by atoms with van der Waals surface area (Å²) in [5.41, 5.74) is 7.27. The molecular formula is C17H24N4OS. The molecule has 0 unspecified atom stereocenters. The van der Waals surface area contributed by atoms with Crippen LogP contribution in [0.3, 0.4) is 0 Å². The monoisotopic (exact) mass is 332 g/mol. The summed E-state index contributed by atoms with van der Waals surface area (Å²) in [6, 6.07) is 0. The quantitative estimate of drug-likeness (QED) is 0.937. The maximum atomic E-state index is 12.4. The van der Waals surface area contributed by atoms with Crippen molar-refractivity contribution in [3.8, 4) is 0 Å². The standard InChI is InChI=1S/C17H24N4OS/c18-15-14-12-6-2-3-7-13(12)23-16(14)21(17(22)19-15)11-10-20-8-4-1-5-9-20/h1-11H2,(H2,18,19,22). The molecular weight excluding hydrogens is 308 g/mol. The molecule has 0 atom stereocenters. The molecule has 0 saturated carbocycles. The van der Waals surface area contributed by atoms with Crippen molar-refractivity contribution in [1.82, 2.24) is 14.5 Å². The lowest BCUT2D eigenvalue weighted by Crippen LogP contribution is -2.35. The molecule has 6 heteroatoms. The summed E-state index contributed by atoms with van der Waals surface area (Å²) >= 11 is 1.77. The van der Waals surface area contributed by atoms with Crippen molar-refractivity contribution in [2.24, 2.45) is 0 Å². The van der Waals surface area contributed by atoms with Crippen LogP contribution in [0.2, 0.25) is 0 Å². The molecule has 0 amide bonds. The highest BCUT2D eigenvalue weighted by atomic mass is 32.1. The van der Waals surface area contributed by atoms with Crippen molar-refractivity contribution >= 4 is 27.4 Å². The fourth-order valence-corrected chi connectivity index (χ4v) is 5.35. The Bertz CT molecular complexity index is 773. The average molecular weight is 332 g/mol. The van der Waals surface area contributed by atoms with Gasteiger partial charge in [0.1, 0.15) is 10.6 Å². The molecule has 3 heterocycles. The molecule has 1 saturated heterocycles. The van der Waals surface area contributed by atoms with Crippen LogP contribution in [-0.4, -0.2) is 34.1 Å². The van der Waals surface area contributed by atoms with Crippen LogP contribution in [0.4, 0.5) is 5.82 Å². The average Bonchev–Trinajstić information content (AvgIpc) is 2.95. The zero-order valence-electron chi connectivity index (χ0n) is 13.5. The summed E-state index contributed by atoms with van der Waals surface area (Å²) in [7, 11) is 0. The smallest absolute Gasteiger partial charge is 0.350 e. The van der Waals surface area contributed by atoms with E-state index in [0.717, 1.165) is 49.2 Å². The van der Waals surface area contributed by atoms with E-state index in [1.807, 2.05) is 4.57 Å². The van der Waals surface area contributed by atoms with Crippen LogP contribution < -0.4 is 11.4 Å². The lowest BCUT2D eigenvalue weighted by molar-refractivity contribution is 0.221. The minimum atomic E-state index is -0.189. The predicted octanol–water partition coefficient (Wildman–Crippen LogP) is 2.40. The largest absolute Gasteiger partial charge is 0.383 e. The summed E-state index contributed by atoms with van der Waals surface area (Å²) in [6.45, 7) is 3.97. The maximum Gasteiger partial charge on any atom is 0.350 e. The summed E-state index contributed by atoms with van der Waals surface area (Å²) in [5, 5.41) is 1.06. The van der Waals surface area contributed by atoms with Gasteiger partial charge in [0, 0.05) is 18.0 Å². The Morgan fingerprint density at radius 1 is 1.04 bits per heavy atom. The summed E-state index contributed by atoms with van der Waals surface area (Å²) in [4.78, 5) is 21.4. The number of anilines is 1. The normalized spacial score (nSPS) is 19.1. The minimum Gasteiger partial charge on any atom is -0.383 e. The van der Waals surface area contributed by atoms with Gasteiger partial charge in [-0.05, 0) is 57.2 Å². The molecule has 2 aliphatic rings. The fraction of sp³-hybridized carbons (Fsp3) is 0.647. The van der Waals surface area contributed by atoms with Crippen molar-refractivity contribution < 1.29 is 0 Å². The second-order valence-corrected chi connectivity index (χ2v) is 7.81. The van der Waals surface area contributed by atoms with E-state index in [-0.39, 0.29) is 5.69 Å². The number of aromatic nitrogens is 2. The Morgan fingerprint density at radius 2 is 1.83 bits per heavy atom. The van der Waals surface area contributed by atoms with Gasteiger partial charge in [-0.1, -0.05) is 6.42 Å². The number of piperidine rings is 1. The van der Waals surface area contributed by atoms with Gasteiger partial charge in [0.2, 0.25) is 0 Å². The first kappa shape index (κ1) is 15.1. The zero-order valence-corrected chi connectivity index (χ0v) is 14.3. The fourth-order valence-electron chi connectivity index (χ4n) is 3.93. The Hall–Kier alpha value is -1.40. The highest BCUT2D eigenvalue weighted by molar-refractivity contribution is 7.19. The van der Waals surface area contributed by atoms with E-state index in [0.29, 0.717) is 5.82 Å². The zero-order chi connectivity index (χ0) is 15.8. The second-order valence-electron chi connectivity index (χ2n) is 6.72.